The number of hydrogen-bond acceptors (Lipinski definition) is 4. The predicted octanol–water partition coefficient (Wildman–Crippen LogP) is 3.70. The summed E-state index contributed by atoms with van der Waals surface area (Å²) in [6.45, 7) is 4.32. The predicted molar refractivity (Wildman–Crippen MR) is 125 cm³/mol. The van der Waals surface area contributed by atoms with Crippen molar-refractivity contribution >= 4 is 17.1 Å². The number of fused-ring (bicyclic) bond motifs is 1. The van der Waals surface area contributed by atoms with Gasteiger partial charge in [0.2, 0.25) is 5.91 Å². The molecule has 0 bridgehead atoms. The minimum atomic E-state index is 0.198. The molecule has 0 N–H and O–H groups in total. The van der Waals surface area contributed by atoms with Crippen LogP contribution in [0.2, 0.25) is 0 Å². The first-order valence-corrected chi connectivity index (χ1v) is 11.2. The molecule has 0 radical (unpaired) electrons. The third kappa shape index (κ3) is 4.41. The first kappa shape index (κ1) is 20.4. The molecule has 1 aliphatic rings. The molecule has 1 fully saturated rings. The zero-order valence-corrected chi connectivity index (χ0v) is 18.1. The maximum Gasteiger partial charge on any atom is 0.223 e. The standard InChI is InChI=1S/C26H27N5O/c32-25(30-18-16-29(17-19-30)20-21-8-3-1-4-9-21)14-13-24-28-23-12-7-15-27-26(23)31(24)22-10-5-2-6-11-22/h1-12,15H,13-14,16-20H2. The van der Waals surface area contributed by atoms with E-state index in [1.54, 1.807) is 6.20 Å². The number of benzene rings is 2. The molecule has 1 aliphatic heterocycles. The molecule has 32 heavy (non-hydrogen) atoms. The van der Waals surface area contributed by atoms with Crippen LogP contribution >= 0.6 is 0 Å². The number of amides is 1. The van der Waals surface area contributed by atoms with Crippen LogP contribution in [-0.4, -0.2) is 56.4 Å². The summed E-state index contributed by atoms with van der Waals surface area (Å²) in [5.41, 5.74) is 4.02. The maximum atomic E-state index is 13.0. The van der Waals surface area contributed by atoms with Crippen LogP contribution in [0.25, 0.3) is 16.9 Å². The van der Waals surface area contributed by atoms with Gasteiger partial charge in [0.1, 0.15) is 11.3 Å². The third-order valence-electron chi connectivity index (χ3n) is 6.04. The molecule has 2 aromatic carbocycles. The Bertz CT molecular complexity index is 1180. The van der Waals surface area contributed by atoms with Gasteiger partial charge in [-0.25, -0.2) is 9.97 Å². The average molecular weight is 426 g/mol. The normalized spacial score (nSPS) is 14.7. The smallest absolute Gasteiger partial charge is 0.223 e. The number of carbonyl (C=O) groups is 1. The van der Waals surface area contributed by atoms with Crippen molar-refractivity contribution in [2.45, 2.75) is 19.4 Å². The van der Waals surface area contributed by atoms with E-state index in [0.29, 0.717) is 12.8 Å². The van der Waals surface area contributed by atoms with E-state index >= 15 is 0 Å². The molecule has 1 saturated heterocycles. The molecule has 6 nitrogen and oxygen atoms in total. The third-order valence-corrected chi connectivity index (χ3v) is 6.04. The molecule has 0 saturated carbocycles. The molecule has 162 valence electrons. The van der Waals surface area contributed by atoms with Gasteiger partial charge in [0.15, 0.2) is 5.65 Å². The highest BCUT2D eigenvalue weighted by atomic mass is 16.2. The lowest BCUT2D eigenvalue weighted by molar-refractivity contribution is -0.133. The first-order chi connectivity index (χ1) is 15.8. The van der Waals surface area contributed by atoms with Crippen LogP contribution in [0.3, 0.4) is 0 Å². The second-order valence-corrected chi connectivity index (χ2v) is 8.19. The second-order valence-electron chi connectivity index (χ2n) is 8.19. The van der Waals surface area contributed by atoms with Crippen molar-refractivity contribution in [3.05, 3.63) is 90.4 Å². The van der Waals surface area contributed by atoms with Crippen LogP contribution in [-0.2, 0) is 17.8 Å². The zero-order chi connectivity index (χ0) is 21.8. The zero-order valence-electron chi connectivity index (χ0n) is 18.1. The van der Waals surface area contributed by atoms with Gasteiger partial charge in [0.25, 0.3) is 0 Å². The molecule has 5 rings (SSSR count). The molecule has 0 spiro atoms. The number of pyridine rings is 1. The average Bonchev–Trinajstić information content (AvgIpc) is 3.22. The quantitative estimate of drug-likeness (QED) is 0.473. The molecule has 0 unspecified atom stereocenters. The number of imidazole rings is 1. The van der Waals surface area contributed by atoms with E-state index in [2.05, 4.69) is 38.7 Å². The lowest BCUT2D eigenvalue weighted by atomic mass is 10.2. The molecular formula is C26H27N5O. The maximum absolute atomic E-state index is 13.0. The van der Waals surface area contributed by atoms with Gasteiger partial charge >= 0.3 is 0 Å². The summed E-state index contributed by atoms with van der Waals surface area (Å²) in [5, 5.41) is 0. The monoisotopic (exact) mass is 425 g/mol. The summed E-state index contributed by atoms with van der Waals surface area (Å²) < 4.78 is 2.07. The Kier molecular flexibility index (Phi) is 5.94. The Hall–Kier alpha value is -3.51. The number of nitrogens with zero attached hydrogens (tertiary/aromatic N) is 5. The van der Waals surface area contributed by atoms with Crippen molar-refractivity contribution < 1.29 is 4.79 Å². The fraction of sp³-hybridized carbons (Fsp3) is 0.269. The number of piperazine rings is 1. The van der Waals surface area contributed by atoms with E-state index in [9.17, 15) is 4.79 Å². The summed E-state index contributed by atoms with van der Waals surface area (Å²) in [6, 6.07) is 24.5. The molecule has 0 atom stereocenters. The molecule has 3 heterocycles. The van der Waals surface area contributed by atoms with Gasteiger partial charge in [-0.15, -0.1) is 0 Å². The van der Waals surface area contributed by atoms with Crippen molar-refractivity contribution in [2.24, 2.45) is 0 Å². The van der Waals surface area contributed by atoms with Gasteiger partial charge < -0.3 is 4.90 Å². The summed E-state index contributed by atoms with van der Waals surface area (Å²) >= 11 is 0. The largest absolute Gasteiger partial charge is 0.340 e. The van der Waals surface area contributed by atoms with Crippen molar-refractivity contribution in [1.82, 2.24) is 24.3 Å². The molecular weight excluding hydrogens is 398 g/mol. The molecule has 4 aromatic rings. The van der Waals surface area contributed by atoms with Gasteiger partial charge in [0.05, 0.1) is 0 Å². The van der Waals surface area contributed by atoms with Gasteiger partial charge in [-0.2, -0.15) is 0 Å². The summed E-state index contributed by atoms with van der Waals surface area (Å²) in [6.07, 6.45) is 2.83. The summed E-state index contributed by atoms with van der Waals surface area (Å²) in [5.74, 6) is 1.07. The van der Waals surface area contributed by atoms with Crippen molar-refractivity contribution in [3.63, 3.8) is 0 Å². The Labute approximate surface area is 188 Å². The van der Waals surface area contributed by atoms with Crippen molar-refractivity contribution in [1.29, 1.82) is 0 Å². The summed E-state index contributed by atoms with van der Waals surface area (Å²) in [7, 11) is 0. The lowest BCUT2D eigenvalue weighted by Crippen LogP contribution is -2.48. The van der Waals surface area contributed by atoms with Crippen LogP contribution < -0.4 is 0 Å². The van der Waals surface area contributed by atoms with E-state index in [1.807, 2.05) is 53.4 Å². The van der Waals surface area contributed by atoms with Gasteiger partial charge in [0, 0.05) is 57.4 Å². The number of hydrogen-bond donors (Lipinski definition) is 0. The molecule has 2 aromatic heterocycles. The van der Waals surface area contributed by atoms with Crippen molar-refractivity contribution in [3.8, 4) is 5.69 Å². The van der Waals surface area contributed by atoms with E-state index in [0.717, 1.165) is 55.4 Å². The Morgan fingerprint density at radius 1 is 0.844 bits per heavy atom. The number of carbonyl (C=O) groups excluding carboxylic acids is 1. The fourth-order valence-electron chi connectivity index (χ4n) is 4.35. The first-order valence-electron chi connectivity index (χ1n) is 11.2. The van der Waals surface area contributed by atoms with Crippen molar-refractivity contribution in [2.75, 3.05) is 26.2 Å². The van der Waals surface area contributed by atoms with Crippen LogP contribution in [0.1, 0.15) is 17.8 Å². The van der Waals surface area contributed by atoms with Gasteiger partial charge in [-0.05, 0) is 29.8 Å². The Balaban J connectivity index is 1.23. The SMILES string of the molecule is O=C(CCc1nc2cccnc2n1-c1ccccc1)N1CCN(Cc2ccccc2)CC1. The van der Waals surface area contributed by atoms with E-state index in [-0.39, 0.29) is 5.91 Å². The fourth-order valence-corrected chi connectivity index (χ4v) is 4.35. The van der Waals surface area contributed by atoms with Crippen LogP contribution in [0.15, 0.2) is 79.0 Å². The van der Waals surface area contributed by atoms with Crippen LogP contribution in [0.5, 0.6) is 0 Å². The lowest BCUT2D eigenvalue weighted by Gasteiger charge is -2.34. The number of aromatic nitrogens is 3. The van der Waals surface area contributed by atoms with Gasteiger partial charge in [-0.1, -0.05) is 48.5 Å². The highest BCUT2D eigenvalue weighted by Gasteiger charge is 2.22. The minimum Gasteiger partial charge on any atom is -0.340 e. The second kappa shape index (κ2) is 9.32. The molecule has 1 amide bonds. The summed E-state index contributed by atoms with van der Waals surface area (Å²) in [4.78, 5) is 26.7. The van der Waals surface area contributed by atoms with E-state index in [4.69, 9.17) is 4.98 Å². The Morgan fingerprint density at radius 3 is 2.31 bits per heavy atom. The van der Waals surface area contributed by atoms with E-state index < -0.39 is 0 Å². The van der Waals surface area contributed by atoms with Gasteiger partial charge in [-0.3, -0.25) is 14.3 Å². The topological polar surface area (TPSA) is 54.3 Å². The molecule has 0 aliphatic carbocycles. The Morgan fingerprint density at radius 2 is 1.56 bits per heavy atom. The molecule has 6 heteroatoms. The van der Waals surface area contributed by atoms with Crippen LogP contribution in [0.4, 0.5) is 0 Å². The van der Waals surface area contributed by atoms with Crippen LogP contribution in [0, 0.1) is 0 Å². The number of aryl methyl sites for hydroxylation is 1. The highest BCUT2D eigenvalue weighted by molar-refractivity contribution is 5.77. The number of rotatable bonds is 6. The number of para-hydroxylation sites is 1. The highest BCUT2D eigenvalue weighted by Crippen LogP contribution is 2.21. The minimum absolute atomic E-state index is 0.198. The van der Waals surface area contributed by atoms with E-state index in [1.165, 1.54) is 5.56 Å².